The fourth-order valence-corrected chi connectivity index (χ4v) is 1.74. The third kappa shape index (κ3) is 2.69. The van der Waals surface area contributed by atoms with Crippen molar-refractivity contribution in [1.82, 2.24) is 0 Å². The predicted molar refractivity (Wildman–Crippen MR) is 60.1 cm³/mol. The van der Waals surface area contributed by atoms with Crippen LogP contribution in [0.3, 0.4) is 0 Å². The lowest BCUT2D eigenvalue weighted by molar-refractivity contribution is -0.0706. The summed E-state index contributed by atoms with van der Waals surface area (Å²) in [6.45, 7) is 1.01. The Kier molecular flexibility index (Phi) is 3.83. The minimum absolute atomic E-state index is 0.0511. The van der Waals surface area contributed by atoms with Crippen LogP contribution in [0.2, 0.25) is 0 Å². The van der Waals surface area contributed by atoms with Crippen LogP contribution in [0.1, 0.15) is 11.9 Å². The third-order valence-corrected chi connectivity index (χ3v) is 2.58. The zero-order valence-corrected chi connectivity index (χ0v) is 9.88. The molecule has 1 aliphatic heterocycles. The van der Waals surface area contributed by atoms with Gasteiger partial charge in [-0.15, -0.1) is 0 Å². The molecule has 17 heavy (non-hydrogen) atoms. The number of hydrogen-bond donors (Lipinski definition) is 1. The second-order valence-corrected chi connectivity index (χ2v) is 3.81. The summed E-state index contributed by atoms with van der Waals surface area (Å²) in [6.07, 6.45) is -0.477. The third-order valence-electron chi connectivity index (χ3n) is 2.58. The molecule has 1 N–H and O–H groups in total. The average molecular weight is 240 g/mol. The van der Waals surface area contributed by atoms with E-state index in [1.807, 2.05) is 0 Å². The lowest BCUT2D eigenvalue weighted by Crippen LogP contribution is -2.16. The van der Waals surface area contributed by atoms with Crippen molar-refractivity contribution in [2.75, 3.05) is 27.4 Å². The van der Waals surface area contributed by atoms with E-state index >= 15 is 0 Å². The van der Waals surface area contributed by atoms with E-state index in [4.69, 9.17) is 18.9 Å². The summed E-state index contributed by atoms with van der Waals surface area (Å²) in [5.41, 5.74) is 0.818. The van der Waals surface area contributed by atoms with Gasteiger partial charge in [0.2, 0.25) is 0 Å². The van der Waals surface area contributed by atoms with E-state index in [9.17, 15) is 5.11 Å². The molecule has 5 heteroatoms. The maximum Gasteiger partial charge on any atom is 0.184 e. The lowest BCUT2D eigenvalue weighted by Gasteiger charge is -2.12. The van der Waals surface area contributed by atoms with Gasteiger partial charge in [-0.3, -0.25) is 0 Å². The predicted octanol–water partition coefficient (Wildman–Crippen LogP) is 1.46. The maximum absolute atomic E-state index is 9.49. The van der Waals surface area contributed by atoms with Crippen LogP contribution in [0.15, 0.2) is 18.2 Å². The Morgan fingerprint density at radius 3 is 2.94 bits per heavy atom. The topological polar surface area (TPSA) is 57.2 Å². The van der Waals surface area contributed by atoms with Crippen LogP contribution in [0, 0.1) is 0 Å². The Labute approximate surface area is 99.9 Å². The Hall–Kier alpha value is -1.30. The first-order valence-electron chi connectivity index (χ1n) is 5.37. The molecule has 0 bridgehead atoms. The zero-order chi connectivity index (χ0) is 12.3. The second-order valence-electron chi connectivity index (χ2n) is 3.81. The van der Waals surface area contributed by atoms with Gasteiger partial charge in [-0.25, -0.2) is 0 Å². The van der Waals surface area contributed by atoms with Gasteiger partial charge in [0, 0.05) is 12.7 Å². The molecule has 0 amide bonds. The molecule has 94 valence electrons. The number of methoxy groups -OCH3 is 2. The Bertz CT molecular complexity index is 379. The summed E-state index contributed by atoms with van der Waals surface area (Å²) >= 11 is 0. The standard InChI is InChI=1S/C12H16O5/c1-14-6-9-7-16-12(17-9)8-3-4-10(13)11(5-8)15-2/h3-5,9,12-13H,6-7H2,1-2H3. The van der Waals surface area contributed by atoms with Crippen molar-refractivity contribution in [3.8, 4) is 11.5 Å². The number of hydrogen-bond acceptors (Lipinski definition) is 5. The Morgan fingerprint density at radius 2 is 2.24 bits per heavy atom. The van der Waals surface area contributed by atoms with Crippen LogP contribution in [0.25, 0.3) is 0 Å². The SMILES string of the molecule is COCC1COC(c2ccc(O)c(OC)c2)O1. The van der Waals surface area contributed by atoms with E-state index in [0.717, 1.165) is 5.56 Å². The zero-order valence-electron chi connectivity index (χ0n) is 9.88. The van der Waals surface area contributed by atoms with E-state index in [2.05, 4.69) is 0 Å². The Morgan fingerprint density at radius 1 is 1.41 bits per heavy atom. The molecule has 2 rings (SSSR count). The molecule has 1 aliphatic rings. The quantitative estimate of drug-likeness (QED) is 0.863. The molecular weight excluding hydrogens is 224 g/mol. The highest BCUT2D eigenvalue weighted by Crippen LogP contribution is 2.33. The van der Waals surface area contributed by atoms with Gasteiger partial charge in [0.25, 0.3) is 0 Å². The Balaban J connectivity index is 2.08. The number of phenolic OH excluding ortho intramolecular Hbond substituents is 1. The number of ether oxygens (including phenoxy) is 4. The van der Waals surface area contributed by atoms with Crippen molar-refractivity contribution in [2.24, 2.45) is 0 Å². The molecule has 1 aromatic carbocycles. The van der Waals surface area contributed by atoms with Crippen molar-refractivity contribution in [3.05, 3.63) is 23.8 Å². The molecule has 0 aliphatic carbocycles. The molecule has 1 heterocycles. The number of phenols is 1. The van der Waals surface area contributed by atoms with Gasteiger partial charge in [0.1, 0.15) is 6.10 Å². The molecule has 2 unspecified atom stereocenters. The second kappa shape index (κ2) is 5.35. The molecule has 1 aromatic rings. The molecule has 2 atom stereocenters. The monoisotopic (exact) mass is 240 g/mol. The fourth-order valence-electron chi connectivity index (χ4n) is 1.74. The highest BCUT2D eigenvalue weighted by atomic mass is 16.7. The first kappa shape index (κ1) is 12.2. The van der Waals surface area contributed by atoms with E-state index in [0.29, 0.717) is 19.0 Å². The first-order chi connectivity index (χ1) is 8.24. The van der Waals surface area contributed by atoms with E-state index in [1.165, 1.54) is 7.11 Å². The van der Waals surface area contributed by atoms with Gasteiger partial charge >= 0.3 is 0 Å². The molecule has 1 fully saturated rings. The number of aromatic hydroxyl groups is 1. The lowest BCUT2D eigenvalue weighted by atomic mass is 10.2. The molecule has 0 saturated carbocycles. The molecule has 0 spiro atoms. The summed E-state index contributed by atoms with van der Waals surface area (Å²) in [4.78, 5) is 0. The summed E-state index contributed by atoms with van der Waals surface area (Å²) in [7, 11) is 3.13. The van der Waals surface area contributed by atoms with Gasteiger partial charge in [-0.1, -0.05) is 6.07 Å². The van der Waals surface area contributed by atoms with Crippen LogP contribution in [-0.4, -0.2) is 38.6 Å². The van der Waals surface area contributed by atoms with Gasteiger partial charge in [-0.2, -0.15) is 0 Å². The smallest absolute Gasteiger partial charge is 0.184 e. The fraction of sp³-hybridized carbons (Fsp3) is 0.500. The van der Waals surface area contributed by atoms with Crippen LogP contribution < -0.4 is 4.74 Å². The van der Waals surface area contributed by atoms with Crippen LogP contribution >= 0.6 is 0 Å². The van der Waals surface area contributed by atoms with Gasteiger partial charge in [0.15, 0.2) is 17.8 Å². The van der Waals surface area contributed by atoms with Crippen molar-refractivity contribution in [2.45, 2.75) is 12.4 Å². The van der Waals surface area contributed by atoms with E-state index in [-0.39, 0.29) is 11.9 Å². The summed E-state index contributed by atoms with van der Waals surface area (Å²) in [5.74, 6) is 0.507. The highest BCUT2D eigenvalue weighted by Gasteiger charge is 2.27. The van der Waals surface area contributed by atoms with E-state index < -0.39 is 6.29 Å². The minimum atomic E-state index is -0.426. The molecular formula is C12H16O5. The van der Waals surface area contributed by atoms with Crippen molar-refractivity contribution < 1.29 is 24.1 Å². The van der Waals surface area contributed by atoms with Crippen LogP contribution in [-0.2, 0) is 14.2 Å². The van der Waals surface area contributed by atoms with Crippen molar-refractivity contribution in [3.63, 3.8) is 0 Å². The normalized spacial score (nSPS) is 23.9. The minimum Gasteiger partial charge on any atom is -0.504 e. The average Bonchev–Trinajstić information content (AvgIpc) is 2.79. The number of rotatable bonds is 4. The van der Waals surface area contributed by atoms with Crippen LogP contribution in [0.4, 0.5) is 0 Å². The molecule has 0 radical (unpaired) electrons. The summed E-state index contributed by atoms with van der Waals surface area (Å²) in [6, 6.07) is 5.01. The summed E-state index contributed by atoms with van der Waals surface area (Å²) < 4.78 is 21.2. The summed E-state index contributed by atoms with van der Waals surface area (Å²) in [5, 5.41) is 9.49. The number of benzene rings is 1. The first-order valence-corrected chi connectivity index (χ1v) is 5.37. The molecule has 0 aromatic heterocycles. The molecule has 1 saturated heterocycles. The van der Waals surface area contributed by atoms with Gasteiger partial charge in [-0.05, 0) is 12.1 Å². The van der Waals surface area contributed by atoms with Crippen LogP contribution in [0.5, 0.6) is 11.5 Å². The highest BCUT2D eigenvalue weighted by molar-refractivity contribution is 5.42. The van der Waals surface area contributed by atoms with Gasteiger partial charge < -0.3 is 24.1 Å². The van der Waals surface area contributed by atoms with Crippen molar-refractivity contribution >= 4 is 0 Å². The van der Waals surface area contributed by atoms with Gasteiger partial charge in [0.05, 0.1) is 20.3 Å². The van der Waals surface area contributed by atoms with E-state index in [1.54, 1.807) is 25.3 Å². The van der Waals surface area contributed by atoms with Crippen molar-refractivity contribution in [1.29, 1.82) is 0 Å². The maximum atomic E-state index is 9.49. The molecule has 5 nitrogen and oxygen atoms in total. The largest absolute Gasteiger partial charge is 0.504 e.